The van der Waals surface area contributed by atoms with Gasteiger partial charge in [-0.15, -0.1) is 0 Å². The smallest absolute Gasteiger partial charge is 0.0482 e. The third-order valence-corrected chi connectivity index (χ3v) is 2.97. The van der Waals surface area contributed by atoms with Gasteiger partial charge >= 0.3 is 0 Å². The van der Waals surface area contributed by atoms with Gasteiger partial charge in [-0.1, -0.05) is 25.1 Å². The molecular weight excluding hydrogens is 196 g/mol. The zero-order valence-electron chi connectivity index (χ0n) is 10.2. The van der Waals surface area contributed by atoms with E-state index in [1.165, 1.54) is 23.0 Å². The number of fused-ring (bicyclic) bond motifs is 1. The van der Waals surface area contributed by atoms with E-state index in [4.69, 9.17) is 0 Å². The lowest BCUT2D eigenvalue weighted by molar-refractivity contribution is 0.652. The molecule has 2 aromatic rings. The number of hydrogen-bond donors (Lipinski definition) is 1. The molecule has 1 aromatic heterocycles. The molecule has 0 radical (unpaired) electrons. The van der Waals surface area contributed by atoms with Crippen molar-refractivity contribution in [1.82, 2.24) is 9.88 Å². The highest BCUT2D eigenvalue weighted by atomic mass is 15.0. The first-order chi connectivity index (χ1) is 7.86. The molecule has 0 atom stereocenters. The van der Waals surface area contributed by atoms with Crippen LogP contribution in [0, 0.1) is 0 Å². The van der Waals surface area contributed by atoms with E-state index in [0.29, 0.717) is 0 Å². The number of hydrogen-bond acceptors (Lipinski definition) is 1. The summed E-state index contributed by atoms with van der Waals surface area (Å²) in [6.45, 7) is 4.39. The van der Waals surface area contributed by atoms with E-state index >= 15 is 0 Å². The van der Waals surface area contributed by atoms with Crippen LogP contribution in [0.4, 0.5) is 0 Å². The fraction of sp³-hybridized carbons (Fsp3) is 0.429. The molecule has 0 unspecified atom stereocenters. The minimum absolute atomic E-state index is 1.04. The van der Waals surface area contributed by atoms with Gasteiger partial charge in [-0.2, -0.15) is 0 Å². The van der Waals surface area contributed by atoms with Crippen molar-refractivity contribution in [1.29, 1.82) is 0 Å². The van der Waals surface area contributed by atoms with E-state index in [1.54, 1.807) is 0 Å². The Bertz CT molecular complexity index is 457. The fourth-order valence-corrected chi connectivity index (χ4v) is 2.22. The molecule has 0 spiro atoms. The largest absolute Gasteiger partial charge is 0.345 e. The van der Waals surface area contributed by atoms with E-state index in [0.717, 1.165) is 19.5 Å². The Morgan fingerprint density at radius 2 is 2.06 bits per heavy atom. The van der Waals surface area contributed by atoms with Crippen LogP contribution >= 0.6 is 0 Å². The second-order valence-corrected chi connectivity index (χ2v) is 4.20. The summed E-state index contributed by atoms with van der Waals surface area (Å²) in [4.78, 5) is 0. The van der Waals surface area contributed by atoms with Crippen LogP contribution in [0.3, 0.4) is 0 Å². The number of nitrogens with one attached hydrogen (secondary N) is 1. The normalized spacial score (nSPS) is 11.1. The van der Waals surface area contributed by atoms with Gasteiger partial charge in [0.25, 0.3) is 0 Å². The zero-order chi connectivity index (χ0) is 11.4. The molecule has 0 saturated heterocycles. The molecule has 2 rings (SSSR count). The second kappa shape index (κ2) is 5.17. The van der Waals surface area contributed by atoms with Crippen molar-refractivity contribution in [2.24, 2.45) is 0 Å². The van der Waals surface area contributed by atoms with Crippen LogP contribution in [0.1, 0.15) is 19.0 Å². The molecule has 0 fully saturated rings. The Balaban J connectivity index is 2.41. The van der Waals surface area contributed by atoms with Crippen LogP contribution in [-0.2, 0) is 13.0 Å². The SMILES string of the molecule is CCCn1c(CCNC)cc2ccccc21. The lowest BCUT2D eigenvalue weighted by Gasteiger charge is -2.09. The summed E-state index contributed by atoms with van der Waals surface area (Å²) in [5, 5.41) is 4.58. The molecule has 1 aromatic carbocycles. The van der Waals surface area contributed by atoms with Gasteiger partial charge in [-0.25, -0.2) is 0 Å². The quantitative estimate of drug-likeness (QED) is 0.813. The Labute approximate surface area is 97.3 Å². The van der Waals surface area contributed by atoms with E-state index < -0.39 is 0 Å². The van der Waals surface area contributed by atoms with E-state index in [1.807, 2.05) is 7.05 Å². The fourth-order valence-electron chi connectivity index (χ4n) is 2.22. The van der Waals surface area contributed by atoms with Crippen molar-refractivity contribution in [3.8, 4) is 0 Å². The summed E-state index contributed by atoms with van der Waals surface area (Å²) in [7, 11) is 2.01. The van der Waals surface area contributed by atoms with Gasteiger partial charge in [0.1, 0.15) is 0 Å². The van der Waals surface area contributed by atoms with Crippen molar-refractivity contribution in [2.45, 2.75) is 26.3 Å². The maximum absolute atomic E-state index is 3.22. The first-order valence-corrected chi connectivity index (χ1v) is 6.08. The minimum Gasteiger partial charge on any atom is -0.345 e. The molecule has 1 N–H and O–H groups in total. The van der Waals surface area contributed by atoms with Gasteiger partial charge in [-0.3, -0.25) is 0 Å². The van der Waals surface area contributed by atoms with E-state index in [9.17, 15) is 0 Å². The van der Waals surface area contributed by atoms with Crippen LogP contribution in [0.2, 0.25) is 0 Å². The second-order valence-electron chi connectivity index (χ2n) is 4.20. The lowest BCUT2D eigenvalue weighted by atomic mass is 10.2. The van der Waals surface area contributed by atoms with Crippen LogP contribution in [0.5, 0.6) is 0 Å². The van der Waals surface area contributed by atoms with Gasteiger partial charge in [0, 0.05) is 30.7 Å². The summed E-state index contributed by atoms with van der Waals surface area (Å²) < 4.78 is 2.45. The van der Waals surface area contributed by atoms with Crippen molar-refractivity contribution >= 4 is 10.9 Å². The number of rotatable bonds is 5. The Hall–Kier alpha value is -1.28. The summed E-state index contributed by atoms with van der Waals surface area (Å²) >= 11 is 0. The molecule has 0 aliphatic rings. The predicted octanol–water partition coefficient (Wildman–Crippen LogP) is 2.81. The molecule has 1 heterocycles. The predicted molar refractivity (Wildman–Crippen MR) is 69.9 cm³/mol. The maximum atomic E-state index is 3.22. The molecule has 2 heteroatoms. The van der Waals surface area contributed by atoms with Crippen molar-refractivity contribution in [3.63, 3.8) is 0 Å². The lowest BCUT2D eigenvalue weighted by Crippen LogP contribution is -2.13. The van der Waals surface area contributed by atoms with Crippen molar-refractivity contribution in [3.05, 3.63) is 36.0 Å². The Morgan fingerprint density at radius 1 is 1.25 bits per heavy atom. The molecule has 86 valence electrons. The number of likely N-dealkylation sites (N-methyl/N-ethyl adjacent to an activating group) is 1. The number of aryl methyl sites for hydroxylation is 1. The molecule has 0 saturated carbocycles. The van der Waals surface area contributed by atoms with Gasteiger partial charge < -0.3 is 9.88 Å². The first-order valence-electron chi connectivity index (χ1n) is 6.08. The molecule has 2 nitrogen and oxygen atoms in total. The average Bonchev–Trinajstić information content (AvgIpc) is 2.66. The molecule has 0 amide bonds. The Kier molecular flexibility index (Phi) is 3.62. The molecule has 16 heavy (non-hydrogen) atoms. The highest BCUT2D eigenvalue weighted by molar-refractivity contribution is 5.81. The highest BCUT2D eigenvalue weighted by Crippen LogP contribution is 2.20. The van der Waals surface area contributed by atoms with Gasteiger partial charge in [-0.05, 0) is 31.0 Å². The standard InChI is InChI=1S/C14H20N2/c1-3-10-16-13(8-9-15-2)11-12-6-4-5-7-14(12)16/h4-7,11,15H,3,8-10H2,1-2H3. The van der Waals surface area contributed by atoms with Gasteiger partial charge in [0.15, 0.2) is 0 Å². The highest BCUT2D eigenvalue weighted by Gasteiger charge is 2.06. The molecular formula is C14H20N2. The molecule has 0 aliphatic heterocycles. The average molecular weight is 216 g/mol. The van der Waals surface area contributed by atoms with Crippen LogP contribution in [0.15, 0.2) is 30.3 Å². The van der Waals surface area contributed by atoms with Crippen LogP contribution in [-0.4, -0.2) is 18.2 Å². The number of benzene rings is 1. The van der Waals surface area contributed by atoms with E-state index in [2.05, 4.69) is 47.1 Å². The topological polar surface area (TPSA) is 17.0 Å². The zero-order valence-corrected chi connectivity index (χ0v) is 10.2. The number of para-hydroxylation sites is 1. The molecule has 0 aliphatic carbocycles. The first kappa shape index (κ1) is 11.2. The van der Waals surface area contributed by atoms with E-state index in [-0.39, 0.29) is 0 Å². The maximum Gasteiger partial charge on any atom is 0.0482 e. The number of aromatic nitrogens is 1. The van der Waals surface area contributed by atoms with Crippen molar-refractivity contribution in [2.75, 3.05) is 13.6 Å². The van der Waals surface area contributed by atoms with Crippen LogP contribution < -0.4 is 5.32 Å². The van der Waals surface area contributed by atoms with Crippen LogP contribution in [0.25, 0.3) is 10.9 Å². The van der Waals surface area contributed by atoms with Gasteiger partial charge in [0.2, 0.25) is 0 Å². The summed E-state index contributed by atoms with van der Waals surface area (Å²) in [6, 6.07) is 11.0. The Morgan fingerprint density at radius 3 is 2.81 bits per heavy atom. The summed E-state index contributed by atoms with van der Waals surface area (Å²) in [6.07, 6.45) is 2.29. The minimum atomic E-state index is 1.04. The third-order valence-electron chi connectivity index (χ3n) is 2.97. The summed E-state index contributed by atoms with van der Waals surface area (Å²) in [5.41, 5.74) is 2.81. The number of nitrogens with zero attached hydrogens (tertiary/aromatic N) is 1. The monoisotopic (exact) mass is 216 g/mol. The van der Waals surface area contributed by atoms with Crippen molar-refractivity contribution < 1.29 is 0 Å². The third kappa shape index (κ3) is 2.12. The van der Waals surface area contributed by atoms with Gasteiger partial charge in [0.05, 0.1) is 0 Å². The molecule has 0 bridgehead atoms. The summed E-state index contributed by atoms with van der Waals surface area (Å²) in [5.74, 6) is 0.